The molecule has 1 fully saturated rings. The average molecular weight is 339 g/mol. The van der Waals surface area contributed by atoms with Crippen LogP contribution in [0.3, 0.4) is 0 Å². The zero-order chi connectivity index (χ0) is 16.7. The Balaban J connectivity index is 1.69. The van der Waals surface area contributed by atoms with Crippen LogP contribution in [0.4, 0.5) is 0 Å². The topological polar surface area (TPSA) is 32.7 Å². The van der Waals surface area contributed by atoms with E-state index in [4.69, 9.17) is 16.6 Å². The van der Waals surface area contributed by atoms with Crippen molar-refractivity contribution in [3.63, 3.8) is 0 Å². The molecule has 0 bridgehead atoms. The van der Waals surface area contributed by atoms with Gasteiger partial charge in [0.2, 0.25) is 0 Å². The van der Waals surface area contributed by atoms with E-state index in [2.05, 4.69) is 25.1 Å². The number of halogens is 1. The van der Waals surface area contributed by atoms with E-state index in [9.17, 15) is 4.79 Å². The Morgan fingerprint density at radius 2 is 1.96 bits per heavy atom. The van der Waals surface area contributed by atoms with E-state index in [0.717, 1.165) is 24.7 Å². The first kappa shape index (κ1) is 15.4. The third-order valence-corrected chi connectivity index (χ3v) is 5.29. The number of nitrogens with zero attached hydrogens (tertiary/aromatic N) is 2. The van der Waals surface area contributed by atoms with Crippen LogP contribution in [0.15, 0.2) is 53.5 Å². The second kappa shape index (κ2) is 6.06. The van der Waals surface area contributed by atoms with Gasteiger partial charge in [0.1, 0.15) is 0 Å². The molecule has 0 saturated carbocycles. The van der Waals surface area contributed by atoms with E-state index < -0.39 is 0 Å². The van der Waals surface area contributed by atoms with Crippen LogP contribution < -0.4 is 10.6 Å². The number of fused-ring (bicyclic) bond motifs is 2. The van der Waals surface area contributed by atoms with Crippen molar-refractivity contribution in [2.75, 3.05) is 6.54 Å². The SMILES string of the molecule is CCC1C2N=c3ccccc3=C2CCN1C(=O)c1ccc(Cl)cc1. The summed E-state index contributed by atoms with van der Waals surface area (Å²) >= 11 is 5.94. The Kier molecular flexibility index (Phi) is 3.89. The van der Waals surface area contributed by atoms with Crippen molar-refractivity contribution in [3.8, 4) is 0 Å². The standard InChI is InChI=1S/C20H19ClN2O/c1-2-18-19-16(15-5-3-4-6-17(15)22-19)11-12-23(18)20(24)13-7-9-14(21)10-8-13/h3-10,18-19H,2,11-12H2,1H3. The highest BCUT2D eigenvalue weighted by molar-refractivity contribution is 6.30. The number of para-hydroxylation sites is 1. The second-order valence-corrected chi connectivity index (χ2v) is 6.78. The lowest BCUT2D eigenvalue weighted by Gasteiger charge is -2.39. The minimum atomic E-state index is 0.0729. The molecule has 24 heavy (non-hydrogen) atoms. The molecular formula is C20H19ClN2O. The van der Waals surface area contributed by atoms with Gasteiger partial charge in [0.05, 0.1) is 17.4 Å². The Labute approximate surface area is 146 Å². The van der Waals surface area contributed by atoms with Crippen molar-refractivity contribution >= 4 is 23.1 Å². The molecular weight excluding hydrogens is 320 g/mol. The number of rotatable bonds is 2. The fraction of sp³-hybridized carbons (Fsp3) is 0.300. The number of likely N-dealkylation sites (tertiary alicyclic amines) is 1. The number of amides is 1. The summed E-state index contributed by atoms with van der Waals surface area (Å²) in [6.45, 7) is 2.88. The fourth-order valence-corrected chi connectivity index (χ4v) is 4.00. The van der Waals surface area contributed by atoms with E-state index in [1.807, 2.05) is 11.0 Å². The molecule has 0 N–H and O–H groups in total. The zero-order valence-electron chi connectivity index (χ0n) is 13.6. The summed E-state index contributed by atoms with van der Waals surface area (Å²) in [6.07, 6.45) is 1.78. The van der Waals surface area contributed by atoms with Gasteiger partial charge in [-0.3, -0.25) is 9.79 Å². The van der Waals surface area contributed by atoms with Crippen LogP contribution in [0.2, 0.25) is 5.02 Å². The predicted octanol–water partition coefficient (Wildman–Crippen LogP) is 2.82. The van der Waals surface area contributed by atoms with Crippen molar-refractivity contribution < 1.29 is 4.79 Å². The summed E-state index contributed by atoms with van der Waals surface area (Å²) < 4.78 is 0. The molecule has 0 spiro atoms. The largest absolute Gasteiger partial charge is 0.333 e. The van der Waals surface area contributed by atoms with Crippen LogP contribution >= 0.6 is 11.6 Å². The zero-order valence-corrected chi connectivity index (χ0v) is 14.3. The molecule has 2 aromatic rings. The molecule has 2 unspecified atom stereocenters. The Bertz CT molecular complexity index is 904. The van der Waals surface area contributed by atoms with Gasteiger partial charge in [-0.25, -0.2) is 0 Å². The molecule has 122 valence electrons. The Morgan fingerprint density at radius 1 is 1.21 bits per heavy atom. The van der Waals surface area contributed by atoms with Crippen molar-refractivity contribution in [1.29, 1.82) is 0 Å². The molecule has 4 heteroatoms. The van der Waals surface area contributed by atoms with Crippen LogP contribution in [0.1, 0.15) is 30.1 Å². The van der Waals surface area contributed by atoms with E-state index in [1.165, 1.54) is 10.8 Å². The van der Waals surface area contributed by atoms with Gasteiger partial charge in [-0.2, -0.15) is 0 Å². The maximum absolute atomic E-state index is 13.0. The van der Waals surface area contributed by atoms with Crippen LogP contribution in [0, 0.1) is 0 Å². The third kappa shape index (κ3) is 2.44. The van der Waals surface area contributed by atoms with Crippen LogP contribution in [0.25, 0.3) is 5.57 Å². The number of benzene rings is 2. The number of piperidine rings is 1. The molecule has 0 aliphatic carbocycles. The summed E-state index contributed by atoms with van der Waals surface area (Å²) in [5.74, 6) is 0.0729. The molecule has 2 heterocycles. The molecule has 2 aliphatic heterocycles. The van der Waals surface area contributed by atoms with Gasteiger partial charge < -0.3 is 4.90 Å². The summed E-state index contributed by atoms with van der Waals surface area (Å²) in [4.78, 5) is 19.9. The monoisotopic (exact) mass is 338 g/mol. The lowest BCUT2D eigenvalue weighted by Crippen LogP contribution is -2.50. The maximum atomic E-state index is 13.0. The van der Waals surface area contributed by atoms with Crippen LogP contribution in [-0.2, 0) is 0 Å². The highest BCUT2D eigenvalue weighted by Gasteiger charge is 2.38. The molecule has 3 nitrogen and oxygen atoms in total. The lowest BCUT2D eigenvalue weighted by atomic mass is 9.89. The quantitative estimate of drug-likeness (QED) is 0.828. The first-order valence-corrected chi connectivity index (χ1v) is 8.79. The normalized spacial score (nSPS) is 21.9. The van der Waals surface area contributed by atoms with Crippen LogP contribution in [0.5, 0.6) is 0 Å². The lowest BCUT2D eigenvalue weighted by molar-refractivity contribution is 0.0642. The first-order valence-electron chi connectivity index (χ1n) is 8.41. The van der Waals surface area contributed by atoms with E-state index >= 15 is 0 Å². The van der Waals surface area contributed by atoms with Crippen LogP contribution in [-0.4, -0.2) is 29.4 Å². The smallest absolute Gasteiger partial charge is 0.254 e. The van der Waals surface area contributed by atoms with Gasteiger partial charge >= 0.3 is 0 Å². The molecule has 0 aromatic heterocycles. The predicted molar refractivity (Wildman–Crippen MR) is 95.6 cm³/mol. The van der Waals surface area contributed by atoms with Gasteiger partial charge in [0, 0.05) is 22.3 Å². The summed E-state index contributed by atoms with van der Waals surface area (Å²) in [5.41, 5.74) is 2.08. The summed E-state index contributed by atoms with van der Waals surface area (Å²) in [6, 6.07) is 15.7. The number of hydrogen-bond acceptors (Lipinski definition) is 2. The fourth-order valence-electron chi connectivity index (χ4n) is 3.88. The molecule has 2 aromatic carbocycles. The van der Waals surface area contributed by atoms with Gasteiger partial charge in [0.25, 0.3) is 5.91 Å². The van der Waals surface area contributed by atoms with Crippen molar-refractivity contribution in [2.24, 2.45) is 4.99 Å². The molecule has 1 saturated heterocycles. The van der Waals surface area contributed by atoms with Crippen molar-refractivity contribution in [2.45, 2.75) is 31.8 Å². The highest BCUT2D eigenvalue weighted by Crippen LogP contribution is 2.30. The molecule has 4 rings (SSSR count). The van der Waals surface area contributed by atoms with Gasteiger partial charge in [0.15, 0.2) is 0 Å². The second-order valence-electron chi connectivity index (χ2n) is 6.35. The van der Waals surface area contributed by atoms with Gasteiger partial charge in [-0.15, -0.1) is 0 Å². The first-order chi connectivity index (χ1) is 11.7. The number of carbonyl (C=O) groups is 1. The van der Waals surface area contributed by atoms with E-state index in [-0.39, 0.29) is 18.0 Å². The average Bonchev–Trinajstić information content (AvgIpc) is 2.99. The number of carbonyl (C=O) groups excluding carboxylic acids is 1. The highest BCUT2D eigenvalue weighted by atomic mass is 35.5. The number of hydrogen-bond donors (Lipinski definition) is 0. The third-order valence-electron chi connectivity index (χ3n) is 5.04. The molecule has 2 atom stereocenters. The minimum absolute atomic E-state index is 0.0729. The maximum Gasteiger partial charge on any atom is 0.254 e. The summed E-state index contributed by atoms with van der Waals surface area (Å²) in [7, 11) is 0. The van der Waals surface area contributed by atoms with Crippen molar-refractivity contribution in [1.82, 2.24) is 4.90 Å². The Hall–Kier alpha value is -2.13. The minimum Gasteiger partial charge on any atom is -0.333 e. The molecule has 0 radical (unpaired) electrons. The van der Waals surface area contributed by atoms with E-state index in [1.54, 1.807) is 24.3 Å². The summed E-state index contributed by atoms with van der Waals surface area (Å²) in [5, 5.41) is 2.98. The van der Waals surface area contributed by atoms with Crippen molar-refractivity contribution in [3.05, 3.63) is 69.7 Å². The molecule has 2 aliphatic rings. The van der Waals surface area contributed by atoms with E-state index in [0.29, 0.717) is 10.6 Å². The van der Waals surface area contributed by atoms with Gasteiger partial charge in [-0.05, 0) is 48.7 Å². The molecule has 1 amide bonds. The van der Waals surface area contributed by atoms with Gasteiger partial charge in [-0.1, -0.05) is 36.7 Å². The Morgan fingerprint density at radius 3 is 2.71 bits per heavy atom.